The van der Waals surface area contributed by atoms with Crippen LogP contribution in [0.2, 0.25) is 15.1 Å². The molecule has 50 heavy (non-hydrogen) atoms. The number of hydrogen-bond donors (Lipinski definition) is 3. The number of carboxylic acid groups (broad SMARTS) is 1. The predicted octanol–water partition coefficient (Wildman–Crippen LogP) is 5.45. The SMILES string of the molecule is CCOC(CN(CC)C(=O)C(Cc1ccc(Cl)cc1)NC(=O)C(CNS(=O)(=O)c1ccc(Cl)cc1Cl)N(Cc1ccccc1)C(=O)O)OCC. The summed E-state index contributed by atoms with van der Waals surface area (Å²) in [6, 6.07) is 16.1. The monoisotopic (exact) mass is 770 g/mol. The number of nitrogens with one attached hydrogen (secondary N) is 2. The lowest BCUT2D eigenvalue weighted by Crippen LogP contribution is -2.59. The minimum atomic E-state index is -4.36. The highest BCUT2D eigenvalue weighted by atomic mass is 35.5. The smallest absolute Gasteiger partial charge is 0.408 e. The Kier molecular flexibility index (Phi) is 16.3. The van der Waals surface area contributed by atoms with Gasteiger partial charge in [0.05, 0.1) is 11.6 Å². The molecular formula is C34H41Cl3N4O8S. The van der Waals surface area contributed by atoms with Crippen molar-refractivity contribution in [1.29, 1.82) is 0 Å². The van der Waals surface area contributed by atoms with E-state index in [1.54, 1.807) is 75.4 Å². The number of ether oxygens (including phenoxy) is 2. The van der Waals surface area contributed by atoms with Gasteiger partial charge in [-0.1, -0.05) is 77.3 Å². The van der Waals surface area contributed by atoms with Gasteiger partial charge >= 0.3 is 6.09 Å². The summed E-state index contributed by atoms with van der Waals surface area (Å²) < 4.78 is 40.3. The molecular weight excluding hydrogens is 731 g/mol. The molecule has 3 N–H and O–H groups in total. The van der Waals surface area contributed by atoms with Gasteiger partial charge in [-0.05, 0) is 62.2 Å². The van der Waals surface area contributed by atoms with Crippen LogP contribution in [0.5, 0.6) is 0 Å². The van der Waals surface area contributed by atoms with Crippen LogP contribution in [0.4, 0.5) is 4.79 Å². The van der Waals surface area contributed by atoms with Crippen molar-refractivity contribution in [3.8, 4) is 0 Å². The topological polar surface area (TPSA) is 155 Å². The molecule has 0 saturated heterocycles. The van der Waals surface area contributed by atoms with E-state index in [1.807, 2.05) is 0 Å². The van der Waals surface area contributed by atoms with Gasteiger partial charge in [0.2, 0.25) is 21.8 Å². The zero-order chi connectivity index (χ0) is 36.8. The van der Waals surface area contributed by atoms with Gasteiger partial charge in [0.1, 0.15) is 17.0 Å². The van der Waals surface area contributed by atoms with Crippen LogP contribution in [0.15, 0.2) is 77.7 Å². The zero-order valence-electron chi connectivity index (χ0n) is 27.9. The Labute approximate surface area is 307 Å². The second-order valence-electron chi connectivity index (χ2n) is 10.9. The number of carbonyl (C=O) groups is 3. The second-order valence-corrected chi connectivity index (χ2v) is 14.0. The molecule has 0 heterocycles. The van der Waals surface area contributed by atoms with E-state index in [-0.39, 0.29) is 41.0 Å². The van der Waals surface area contributed by atoms with Gasteiger partial charge in [-0.2, -0.15) is 0 Å². The molecule has 0 radical (unpaired) electrons. The quantitative estimate of drug-likeness (QED) is 0.136. The summed E-state index contributed by atoms with van der Waals surface area (Å²) in [4.78, 5) is 43.0. The first-order valence-corrected chi connectivity index (χ1v) is 18.5. The summed E-state index contributed by atoms with van der Waals surface area (Å²) in [6.45, 7) is 5.38. The molecule has 0 saturated carbocycles. The fourth-order valence-corrected chi connectivity index (χ4v) is 6.95. The number of hydrogen-bond acceptors (Lipinski definition) is 7. The summed E-state index contributed by atoms with van der Waals surface area (Å²) in [7, 11) is -4.36. The highest BCUT2D eigenvalue weighted by molar-refractivity contribution is 7.89. The second kappa shape index (κ2) is 19.8. The van der Waals surface area contributed by atoms with Crippen LogP contribution in [0, 0.1) is 0 Å². The number of amides is 3. The molecule has 3 rings (SSSR count). The predicted molar refractivity (Wildman–Crippen MR) is 192 cm³/mol. The third kappa shape index (κ3) is 12.1. The molecule has 0 bridgehead atoms. The lowest BCUT2D eigenvalue weighted by Gasteiger charge is -2.33. The number of sulfonamides is 1. The third-order valence-electron chi connectivity index (χ3n) is 7.51. The van der Waals surface area contributed by atoms with Crippen molar-refractivity contribution in [3.63, 3.8) is 0 Å². The van der Waals surface area contributed by atoms with Gasteiger partial charge < -0.3 is 24.8 Å². The summed E-state index contributed by atoms with van der Waals surface area (Å²) in [6.07, 6.45) is -2.21. The first-order valence-electron chi connectivity index (χ1n) is 15.8. The molecule has 2 unspecified atom stereocenters. The summed E-state index contributed by atoms with van der Waals surface area (Å²) >= 11 is 18.2. The number of rotatable bonds is 19. The zero-order valence-corrected chi connectivity index (χ0v) is 30.9. The summed E-state index contributed by atoms with van der Waals surface area (Å²) in [5, 5.41) is 13.5. The fourth-order valence-electron chi connectivity index (χ4n) is 5.02. The van der Waals surface area contributed by atoms with Crippen LogP contribution >= 0.6 is 34.8 Å². The van der Waals surface area contributed by atoms with Gasteiger partial charge in [0.25, 0.3) is 0 Å². The van der Waals surface area contributed by atoms with Crippen LogP contribution in [0.1, 0.15) is 31.9 Å². The van der Waals surface area contributed by atoms with E-state index in [4.69, 9.17) is 44.3 Å². The Morgan fingerprint density at radius 3 is 2.04 bits per heavy atom. The van der Waals surface area contributed by atoms with Gasteiger partial charge in [0.15, 0.2) is 6.29 Å². The molecule has 16 heteroatoms. The lowest BCUT2D eigenvalue weighted by molar-refractivity contribution is -0.160. The molecule has 0 aromatic heterocycles. The third-order valence-corrected chi connectivity index (χ3v) is 9.90. The summed E-state index contributed by atoms with van der Waals surface area (Å²) in [5.74, 6) is -1.40. The lowest BCUT2D eigenvalue weighted by atomic mass is 10.0. The van der Waals surface area contributed by atoms with Crippen LogP contribution in [-0.2, 0) is 42.1 Å². The van der Waals surface area contributed by atoms with E-state index in [2.05, 4.69) is 10.0 Å². The van der Waals surface area contributed by atoms with Crippen molar-refractivity contribution in [1.82, 2.24) is 19.8 Å². The first-order chi connectivity index (χ1) is 23.8. The minimum Gasteiger partial charge on any atom is -0.465 e. The van der Waals surface area contributed by atoms with Crippen molar-refractivity contribution < 1.29 is 37.4 Å². The van der Waals surface area contributed by atoms with Gasteiger partial charge in [-0.15, -0.1) is 0 Å². The minimum absolute atomic E-state index is 0.0107. The largest absolute Gasteiger partial charge is 0.465 e. The Hall–Kier alpha value is -3.43. The van der Waals surface area contributed by atoms with Crippen LogP contribution in [0.25, 0.3) is 0 Å². The highest BCUT2D eigenvalue weighted by Crippen LogP contribution is 2.25. The van der Waals surface area contributed by atoms with Crippen LogP contribution < -0.4 is 10.0 Å². The van der Waals surface area contributed by atoms with E-state index >= 15 is 0 Å². The molecule has 3 aromatic rings. The molecule has 0 aliphatic heterocycles. The summed E-state index contributed by atoms with van der Waals surface area (Å²) in [5.41, 5.74) is 1.20. The van der Waals surface area contributed by atoms with E-state index in [0.29, 0.717) is 29.4 Å². The van der Waals surface area contributed by atoms with Gasteiger partial charge in [-0.3, -0.25) is 14.5 Å². The molecule has 2 atom stereocenters. The van der Waals surface area contributed by atoms with Crippen molar-refractivity contribution in [2.45, 2.75) is 57.0 Å². The molecule has 0 aliphatic rings. The Morgan fingerprint density at radius 2 is 1.48 bits per heavy atom. The standard InChI is InChI=1S/C34H41Cl3N4O8S/c1-4-40(22-31(48-5-2)49-6-3)33(43)28(18-23-12-14-25(35)15-13-23)39-32(42)29(41(34(44)45)21-24-10-8-7-9-11-24)20-38-50(46,47)30-17-16-26(36)19-27(30)37/h7-17,19,28-29,31,38H,4-6,18,20-22H2,1-3H3,(H,39,42)(H,44,45). The molecule has 0 fully saturated rings. The number of benzene rings is 3. The molecule has 3 amide bonds. The van der Waals surface area contributed by atoms with E-state index in [1.165, 1.54) is 23.1 Å². The maximum absolute atomic E-state index is 14.2. The van der Waals surface area contributed by atoms with E-state index in [0.717, 1.165) is 4.90 Å². The first kappa shape index (κ1) is 41.0. The number of halogens is 3. The molecule has 3 aromatic carbocycles. The molecule has 0 spiro atoms. The van der Waals surface area contributed by atoms with E-state index in [9.17, 15) is 27.9 Å². The normalized spacial score (nSPS) is 12.7. The van der Waals surface area contributed by atoms with Gasteiger partial charge in [-0.25, -0.2) is 17.9 Å². The average Bonchev–Trinajstić information content (AvgIpc) is 3.07. The molecule has 12 nitrogen and oxygen atoms in total. The van der Waals surface area contributed by atoms with Gasteiger partial charge in [0, 0.05) is 49.3 Å². The Bertz CT molecular complexity index is 1680. The maximum atomic E-state index is 14.2. The number of carbonyl (C=O) groups excluding carboxylic acids is 2. The fraction of sp³-hybridized carbons (Fsp3) is 0.382. The maximum Gasteiger partial charge on any atom is 0.408 e. The van der Waals surface area contributed by atoms with Crippen molar-refractivity contribution >= 4 is 62.7 Å². The Morgan fingerprint density at radius 1 is 0.860 bits per heavy atom. The molecule has 272 valence electrons. The van der Waals surface area contributed by atoms with Crippen LogP contribution in [-0.4, -0.2) is 92.5 Å². The number of nitrogens with zero attached hydrogens (tertiary/aromatic N) is 2. The van der Waals surface area contributed by atoms with Crippen molar-refractivity contribution in [3.05, 3.63) is 99.0 Å². The highest BCUT2D eigenvalue weighted by Gasteiger charge is 2.35. The average molecular weight is 772 g/mol. The van der Waals surface area contributed by atoms with Crippen molar-refractivity contribution in [2.75, 3.05) is 32.8 Å². The Balaban J connectivity index is 2.01. The molecule has 0 aliphatic carbocycles. The number of likely N-dealkylation sites (N-methyl/N-ethyl adjacent to an activating group) is 1. The van der Waals surface area contributed by atoms with Crippen molar-refractivity contribution in [2.24, 2.45) is 0 Å². The van der Waals surface area contributed by atoms with E-state index < -0.39 is 52.8 Å². The van der Waals surface area contributed by atoms with Crippen LogP contribution in [0.3, 0.4) is 0 Å².